The van der Waals surface area contributed by atoms with Gasteiger partial charge in [-0.25, -0.2) is 5.43 Å². The molecule has 25 heavy (non-hydrogen) atoms. The normalized spacial score (nSPS) is 18.4. The van der Waals surface area contributed by atoms with E-state index in [2.05, 4.69) is 15.8 Å². The lowest BCUT2D eigenvalue weighted by Crippen LogP contribution is -2.49. The molecule has 0 atom stereocenters. The van der Waals surface area contributed by atoms with Gasteiger partial charge < -0.3 is 10.2 Å². The van der Waals surface area contributed by atoms with E-state index < -0.39 is 0 Å². The molecule has 7 nitrogen and oxygen atoms in total. The van der Waals surface area contributed by atoms with Crippen LogP contribution in [0.15, 0.2) is 29.4 Å². The van der Waals surface area contributed by atoms with Crippen LogP contribution in [0.25, 0.3) is 0 Å². The number of benzene rings is 1. The quantitative estimate of drug-likeness (QED) is 0.858. The van der Waals surface area contributed by atoms with Crippen molar-refractivity contribution in [3.63, 3.8) is 0 Å². The minimum atomic E-state index is -0.158. The summed E-state index contributed by atoms with van der Waals surface area (Å²) >= 11 is 0. The summed E-state index contributed by atoms with van der Waals surface area (Å²) in [5.41, 5.74) is 4.52. The van der Waals surface area contributed by atoms with Gasteiger partial charge in [0, 0.05) is 37.5 Å². The Morgan fingerprint density at radius 1 is 1.16 bits per heavy atom. The van der Waals surface area contributed by atoms with Gasteiger partial charge in [0.25, 0.3) is 11.8 Å². The van der Waals surface area contributed by atoms with E-state index in [-0.39, 0.29) is 23.8 Å². The van der Waals surface area contributed by atoms with Crippen molar-refractivity contribution in [3.05, 3.63) is 35.4 Å². The van der Waals surface area contributed by atoms with E-state index in [4.69, 9.17) is 0 Å². The molecule has 2 aliphatic rings. The Hall–Kier alpha value is -2.70. The minimum absolute atomic E-state index is 0.0610. The van der Waals surface area contributed by atoms with Gasteiger partial charge in [0.05, 0.1) is 0 Å². The first-order valence-corrected chi connectivity index (χ1v) is 8.55. The van der Waals surface area contributed by atoms with Crippen LogP contribution in [-0.2, 0) is 9.59 Å². The van der Waals surface area contributed by atoms with Gasteiger partial charge in [0.1, 0.15) is 5.71 Å². The SMILES string of the molecule is Cc1ccc(C(=O)NC2CCN(C(=O)C3=NNC(=O)CC3)CC2)cc1. The number of hydrogen-bond acceptors (Lipinski definition) is 4. The molecule has 1 saturated heterocycles. The van der Waals surface area contributed by atoms with E-state index in [1.165, 1.54) is 0 Å². The van der Waals surface area contributed by atoms with E-state index >= 15 is 0 Å². The third-order valence-corrected chi connectivity index (χ3v) is 4.58. The third kappa shape index (κ3) is 4.23. The smallest absolute Gasteiger partial charge is 0.270 e. The lowest BCUT2D eigenvalue weighted by Gasteiger charge is -2.33. The van der Waals surface area contributed by atoms with Gasteiger partial charge in [-0.3, -0.25) is 14.4 Å². The number of carbonyl (C=O) groups excluding carboxylic acids is 3. The van der Waals surface area contributed by atoms with Crippen molar-refractivity contribution in [1.29, 1.82) is 0 Å². The summed E-state index contributed by atoms with van der Waals surface area (Å²) in [6.45, 7) is 3.13. The molecule has 0 radical (unpaired) electrons. The second kappa shape index (κ2) is 7.46. The Kier molecular flexibility index (Phi) is 5.11. The van der Waals surface area contributed by atoms with Crippen LogP contribution in [0, 0.1) is 6.92 Å². The highest BCUT2D eigenvalue weighted by Crippen LogP contribution is 2.14. The zero-order valence-corrected chi connectivity index (χ0v) is 14.2. The molecule has 0 spiro atoms. The highest BCUT2D eigenvalue weighted by molar-refractivity contribution is 6.39. The number of piperidine rings is 1. The number of nitrogens with one attached hydrogen (secondary N) is 2. The van der Waals surface area contributed by atoms with Crippen LogP contribution in [-0.4, -0.2) is 47.5 Å². The molecule has 1 aromatic rings. The number of nitrogens with zero attached hydrogens (tertiary/aromatic N) is 2. The number of amides is 3. The molecule has 2 heterocycles. The molecule has 3 amide bonds. The molecular formula is C18H22N4O3. The van der Waals surface area contributed by atoms with Crippen LogP contribution in [0.1, 0.15) is 41.6 Å². The van der Waals surface area contributed by atoms with Crippen molar-refractivity contribution in [2.75, 3.05) is 13.1 Å². The second-order valence-electron chi connectivity index (χ2n) is 6.50. The summed E-state index contributed by atoms with van der Waals surface area (Å²) < 4.78 is 0. The number of aryl methyl sites for hydroxylation is 1. The predicted molar refractivity (Wildman–Crippen MR) is 93.1 cm³/mol. The van der Waals surface area contributed by atoms with Crippen molar-refractivity contribution in [2.45, 2.75) is 38.6 Å². The number of carbonyl (C=O) groups is 3. The Morgan fingerprint density at radius 3 is 2.44 bits per heavy atom. The highest BCUT2D eigenvalue weighted by Gasteiger charge is 2.28. The summed E-state index contributed by atoms with van der Waals surface area (Å²) in [7, 11) is 0. The standard InChI is InChI=1S/C18H22N4O3/c1-12-2-4-13(5-3-12)17(24)19-14-8-10-22(11-9-14)18(25)15-6-7-16(23)21-20-15/h2-5,14H,6-11H2,1H3,(H,19,24)(H,21,23). The van der Waals surface area contributed by atoms with Crippen LogP contribution >= 0.6 is 0 Å². The molecule has 0 saturated carbocycles. The average Bonchev–Trinajstić information content (AvgIpc) is 2.63. The fourth-order valence-corrected chi connectivity index (χ4v) is 3.01. The van der Waals surface area contributed by atoms with Crippen molar-refractivity contribution in [1.82, 2.24) is 15.6 Å². The van der Waals surface area contributed by atoms with Gasteiger partial charge in [0.15, 0.2) is 0 Å². The molecule has 0 bridgehead atoms. The minimum Gasteiger partial charge on any atom is -0.349 e. The van der Waals surface area contributed by atoms with Crippen LogP contribution < -0.4 is 10.7 Å². The van der Waals surface area contributed by atoms with Gasteiger partial charge in [-0.2, -0.15) is 5.10 Å². The van der Waals surface area contributed by atoms with Gasteiger partial charge in [-0.1, -0.05) is 17.7 Å². The largest absolute Gasteiger partial charge is 0.349 e. The fourth-order valence-electron chi connectivity index (χ4n) is 3.01. The maximum Gasteiger partial charge on any atom is 0.270 e. The van der Waals surface area contributed by atoms with Crippen LogP contribution in [0.4, 0.5) is 0 Å². The molecule has 7 heteroatoms. The molecule has 3 rings (SSSR count). The second-order valence-corrected chi connectivity index (χ2v) is 6.50. The Balaban J connectivity index is 1.50. The van der Waals surface area contributed by atoms with Crippen molar-refractivity contribution < 1.29 is 14.4 Å². The lowest BCUT2D eigenvalue weighted by atomic mass is 10.0. The summed E-state index contributed by atoms with van der Waals surface area (Å²) in [5.74, 6) is -0.360. The van der Waals surface area contributed by atoms with Gasteiger partial charge >= 0.3 is 0 Å². The predicted octanol–water partition coefficient (Wildman–Crippen LogP) is 0.982. The molecule has 0 aromatic heterocycles. The van der Waals surface area contributed by atoms with E-state index in [1.54, 1.807) is 4.90 Å². The molecule has 132 valence electrons. The first-order valence-electron chi connectivity index (χ1n) is 8.55. The highest BCUT2D eigenvalue weighted by atomic mass is 16.2. The van der Waals surface area contributed by atoms with Crippen molar-refractivity contribution >= 4 is 23.4 Å². The average molecular weight is 342 g/mol. The van der Waals surface area contributed by atoms with E-state index in [1.807, 2.05) is 31.2 Å². The maximum absolute atomic E-state index is 12.4. The molecule has 2 N–H and O–H groups in total. The first kappa shape index (κ1) is 17.1. The van der Waals surface area contributed by atoms with E-state index in [0.29, 0.717) is 50.0 Å². The van der Waals surface area contributed by atoms with Gasteiger partial charge in [-0.15, -0.1) is 0 Å². The Labute approximate surface area is 146 Å². The fraction of sp³-hybridized carbons (Fsp3) is 0.444. The topological polar surface area (TPSA) is 90.9 Å². The lowest BCUT2D eigenvalue weighted by molar-refractivity contribution is -0.125. The molecule has 1 aromatic carbocycles. The molecule has 0 aliphatic carbocycles. The van der Waals surface area contributed by atoms with Gasteiger partial charge in [-0.05, 0) is 31.9 Å². The Morgan fingerprint density at radius 2 is 1.84 bits per heavy atom. The van der Waals surface area contributed by atoms with Crippen LogP contribution in [0.3, 0.4) is 0 Å². The molecular weight excluding hydrogens is 320 g/mol. The van der Waals surface area contributed by atoms with Gasteiger partial charge in [0.2, 0.25) is 5.91 Å². The molecule has 0 unspecified atom stereocenters. The number of rotatable bonds is 3. The number of hydrogen-bond donors (Lipinski definition) is 2. The monoisotopic (exact) mass is 342 g/mol. The molecule has 1 fully saturated rings. The molecule has 2 aliphatic heterocycles. The van der Waals surface area contributed by atoms with Crippen LogP contribution in [0.5, 0.6) is 0 Å². The zero-order chi connectivity index (χ0) is 17.8. The summed E-state index contributed by atoms with van der Waals surface area (Å²) in [4.78, 5) is 37.5. The third-order valence-electron chi connectivity index (χ3n) is 4.58. The zero-order valence-electron chi connectivity index (χ0n) is 14.2. The number of likely N-dealkylation sites (tertiary alicyclic amines) is 1. The summed E-state index contributed by atoms with van der Waals surface area (Å²) in [6, 6.07) is 7.53. The number of hydrazone groups is 1. The van der Waals surface area contributed by atoms with Crippen molar-refractivity contribution in [3.8, 4) is 0 Å². The van der Waals surface area contributed by atoms with Crippen LogP contribution in [0.2, 0.25) is 0 Å². The first-order chi connectivity index (χ1) is 12.0. The van der Waals surface area contributed by atoms with Crippen molar-refractivity contribution in [2.24, 2.45) is 5.10 Å². The van der Waals surface area contributed by atoms with E-state index in [9.17, 15) is 14.4 Å². The summed E-state index contributed by atoms with van der Waals surface area (Å²) in [6.07, 6.45) is 2.11. The van der Waals surface area contributed by atoms with E-state index in [0.717, 1.165) is 5.56 Å². The Bertz CT molecular complexity index is 704. The summed E-state index contributed by atoms with van der Waals surface area (Å²) in [5, 5.41) is 6.89. The maximum atomic E-state index is 12.4.